The van der Waals surface area contributed by atoms with Gasteiger partial charge in [0.1, 0.15) is 0 Å². The average molecular weight is 450 g/mol. The van der Waals surface area contributed by atoms with Gasteiger partial charge in [0.25, 0.3) is 0 Å². The van der Waals surface area contributed by atoms with Crippen LogP contribution in [-0.2, 0) is 0 Å². The Morgan fingerprint density at radius 1 is 0.500 bits per heavy atom. The van der Waals surface area contributed by atoms with Gasteiger partial charge in [0, 0.05) is 37.1 Å². The molecule has 4 heteroatoms. The van der Waals surface area contributed by atoms with Crippen molar-refractivity contribution in [3.63, 3.8) is 0 Å². The summed E-state index contributed by atoms with van der Waals surface area (Å²) in [5, 5.41) is 2.67. The minimum Gasteiger partial charge on any atom is -0.360 e. The number of rotatable bonds is 1. The zero-order chi connectivity index (χ0) is 22.2. The summed E-state index contributed by atoms with van der Waals surface area (Å²) in [7, 11) is 0. The molecule has 0 unspecified atom stereocenters. The topological polar surface area (TPSA) is 6.48 Å². The van der Waals surface area contributed by atoms with Gasteiger partial charge in [0.15, 0.2) is 0 Å². The van der Waals surface area contributed by atoms with Crippen molar-refractivity contribution < 1.29 is 0 Å². The van der Waals surface area contributed by atoms with Crippen molar-refractivity contribution in [2.75, 3.05) is 9.62 Å². The van der Waals surface area contributed by atoms with Gasteiger partial charge >= 0.3 is 6.98 Å². The van der Waals surface area contributed by atoms with Crippen LogP contribution < -0.4 is 15.1 Å². The van der Waals surface area contributed by atoms with Gasteiger partial charge in [-0.05, 0) is 53.5 Å². The zero-order valence-corrected chi connectivity index (χ0v) is 19.2. The minimum absolute atomic E-state index is 0.0749. The van der Waals surface area contributed by atoms with E-state index >= 15 is 0 Å². The molecule has 0 radical (unpaired) electrons. The Labute approximate surface area is 202 Å². The van der Waals surface area contributed by atoms with E-state index in [1.54, 1.807) is 0 Å². The highest BCUT2D eigenvalue weighted by Crippen LogP contribution is 2.51. The monoisotopic (exact) mass is 450 g/mol. The molecule has 34 heavy (non-hydrogen) atoms. The van der Waals surface area contributed by atoms with E-state index in [1.807, 2.05) is 11.3 Å². The first-order valence-corrected chi connectivity index (χ1v) is 12.5. The lowest BCUT2D eigenvalue weighted by atomic mass is 9.59. The molecule has 0 N–H and O–H groups in total. The highest BCUT2D eigenvalue weighted by atomic mass is 32.1. The van der Waals surface area contributed by atoms with Crippen molar-refractivity contribution in [3.05, 3.63) is 115 Å². The van der Waals surface area contributed by atoms with E-state index in [0.717, 1.165) is 0 Å². The standard InChI is InChI=1S/C30H19BN2S/c1-4-12-25-21(9-1)22-10-2-5-13-26(22)33-28-15-7-6-14-27(28)32(31(25)33)20-17-18-30-24(19-20)23-11-3-8-16-29(23)34-30/h1-19H. The lowest BCUT2D eigenvalue weighted by molar-refractivity contribution is 1.38. The van der Waals surface area contributed by atoms with E-state index in [-0.39, 0.29) is 6.98 Å². The molecule has 0 amide bonds. The fraction of sp³-hybridized carbons (Fsp3) is 0. The maximum absolute atomic E-state index is 2.52. The first-order valence-electron chi connectivity index (χ1n) is 11.7. The first-order chi connectivity index (χ1) is 16.9. The Bertz CT molecular complexity index is 1750. The number of thiophene rings is 1. The van der Waals surface area contributed by atoms with E-state index in [4.69, 9.17) is 0 Å². The Morgan fingerprint density at radius 2 is 1.15 bits per heavy atom. The molecular formula is C30H19BN2S. The van der Waals surface area contributed by atoms with E-state index < -0.39 is 0 Å². The quantitative estimate of drug-likeness (QED) is 0.237. The van der Waals surface area contributed by atoms with Crippen LogP contribution in [0.3, 0.4) is 0 Å². The molecule has 0 aliphatic carbocycles. The summed E-state index contributed by atoms with van der Waals surface area (Å²) in [6.45, 7) is 0.0749. The Kier molecular flexibility index (Phi) is 3.66. The molecule has 5 aromatic carbocycles. The molecule has 0 saturated heterocycles. The van der Waals surface area contributed by atoms with Crippen LogP contribution in [0.1, 0.15) is 0 Å². The van der Waals surface area contributed by atoms with Crippen LogP contribution in [0.2, 0.25) is 0 Å². The van der Waals surface area contributed by atoms with Crippen LogP contribution in [0.4, 0.5) is 22.7 Å². The highest BCUT2D eigenvalue weighted by molar-refractivity contribution is 7.25. The van der Waals surface area contributed by atoms with Crippen LogP contribution >= 0.6 is 11.3 Å². The predicted octanol–water partition coefficient (Wildman–Crippen LogP) is 7.72. The number of fused-ring (bicyclic) bond motifs is 11. The number of hydrogen-bond donors (Lipinski definition) is 0. The SMILES string of the molecule is c1ccc2c(c1)B1N(c3ccc4sc5ccccc5c4c3)c3ccccc3N1c1ccccc1-2. The van der Waals surface area contributed by atoms with E-state index in [9.17, 15) is 0 Å². The maximum Gasteiger partial charge on any atom is 0.421 e. The molecule has 2 nitrogen and oxygen atoms in total. The highest BCUT2D eigenvalue weighted by Gasteiger charge is 2.47. The summed E-state index contributed by atoms with van der Waals surface area (Å²) < 4.78 is 2.68. The third-order valence-corrected chi connectivity index (χ3v) is 8.37. The molecule has 3 heterocycles. The lowest BCUT2D eigenvalue weighted by Gasteiger charge is -2.36. The van der Waals surface area contributed by atoms with E-state index in [0.29, 0.717) is 0 Å². The normalized spacial score (nSPS) is 13.7. The molecule has 0 bridgehead atoms. The van der Waals surface area contributed by atoms with Gasteiger partial charge in [-0.15, -0.1) is 11.3 Å². The summed E-state index contributed by atoms with van der Waals surface area (Å²) in [6, 6.07) is 42.2. The van der Waals surface area contributed by atoms with Gasteiger partial charge in [-0.25, -0.2) is 0 Å². The fourth-order valence-corrected chi connectivity index (χ4v) is 6.90. The van der Waals surface area contributed by atoms with Crippen molar-refractivity contribution in [2.24, 2.45) is 0 Å². The maximum atomic E-state index is 2.52. The molecule has 0 spiro atoms. The fourth-order valence-electron chi connectivity index (χ4n) is 5.81. The van der Waals surface area contributed by atoms with Gasteiger partial charge in [-0.3, -0.25) is 0 Å². The molecule has 6 aromatic rings. The van der Waals surface area contributed by atoms with Gasteiger partial charge in [-0.2, -0.15) is 0 Å². The predicted molar refractivity (Wildman–Crippen MR) is 147 cm³/mol. The number of para-hydroxylation sites is 3. The van der Waals surface area contributed by atoms with Gasteiger partial charge < -0.3 is 9.62 Å². The smallest absolute Gasteiger partial charge is 0.360 e. The van der Waals surface area contributed by atoms with Gasteiger partial charge in [0.05, 0.1) is 11.4 Å². The molecule has 0 fully saturated rings. The summed E-state index contributed by atoms with van der Waals surface area (Å²) in [5.41, 5.74) is 8.95. The second-order valence-corrected chi connectivity index (χ2v) is 10.1. The number of anilines is 4. The molecule has 158 valence electrons. The molecule has 1 aromatic heterocycles. The van der Waals surface area contributed by atoms with Crippen molar-refractivity contribution in [1.82, 2.24) is 0 Å². The molecule has 0 atom stereocenters. The molecule has 0 saturated carbocycles. The van der Waals surface area contributed by atoms with Crippen LogP contribution in [-0.4, -0.2) is 6.98 Å². The average Bonchev–Trinajstić information content (AvgIpc) is 3.45. The molecular weight excluding hydrogens is 431 g/mol. The Balaban J connectivity index is 1.42. The minimum atomic E-state index is 0.0749. The van der Waals surface area contributed by atoms with Crippen LogP contribution in [0, 0.1) is 0 Å². The van der Waals surface area contributed by atoms with E-state index in [2.05, 4.69) is 125 Å². The third kappa shape index (κ3) is 2.36. The summed E-state index contributed by atoms with van der Waals surface area (Å²) in [6.07, 6.45) is 0. The van der Waals surface area contributed by atoms with Crippen molar-refractivity contribution >= 4 is 66.7 Å². The third-order valence-electron chi connectivity index (χ3n) is 7.22. The largest absolute Gasteiger partial charge is 0.421 e. The van der Waals surface area contributed by atoms with Crippen LogP contribution in [0.25, 0.3) is 31.3 Å². The van der Waals surface area contributed by atoms with Gasteiger partial charge in [0.2, 0.25) is 0 Å². The second-order valence-electron chi connectivity index (χ2n) is 8.99. The number of hydrogen-bond acceptors (Lipinski definition) is 3. The summed E-state index contributed by atoms with van der Waals surface area (Å²) >= 11 is 1.87. The summed E-state index contributed by atoms with van der Waals surface area (Å²) in [5.74, 6) is 0. The van der Waals surface area contributed by atoms with Crippen LogP contribution in [0.15, 0.2) is 115 Å². The summed E-state index contributed by atoms with van der Waals surface area (Å²) in [4.78, 5) is 5.04. The first kappa shape index (κ1) is 18.4. The molecule has 2 aliphatic rings. The zero-order valence-electron chi connectivity index (χ0n) is 18.3. The lowest BCUT2D eigenvalue weighted by Crippen LogP contribution is -2.55. The van der Waals surface area contributed by atoms with Crippen molar-refractivity contribution in [3.8, 4) is 11.1 Å². The van der Waals surface area contributed by atoms with E-state index in [1.165, 1.54) is 59.5 Å². The number of benzene rings is 5. The Hall–Kier alpha value is -4.02. The second kappa shape index (κ2) is 6.75. The molecule has 2 aliphatic heterocycles. The number of nitrogens with zero attached hydrogens (tertiary/aromatic N) is 2. The molecule has 8 rings (SSSR count). The van der Waals surface area contributed by atoms with Gasteiger partial charge in [-0.1, -0.05) is 72.8 Å². The van der Waals surface area contributed by atoms with Crippen molar-refractivity contribution in [2.45, 2.75) is 0 Å². The van der Waals surface area contributed by atoms with Crippen LogP contribution in [0.5, 0.6) is 0 Å². The van der Waals surface area contributed by atoms with Crippen molar-refractivity contribution in [1.29, 1.82) is 0 Å². The Morgan fingerprint density at radius 3 is 2.03 bits per heavy atom.